The number of rotatable bonds is 4. The average molecular weight is 386 g/mol. The van der Waals surface area contributed by atoms with Crippen LogP contribution in [0.1, 0.15) is 0 Å². The molecule has 29 heavy (non-hydrogen) atoms. The lowest BCUT2D eigenvalue weighted by atomic mass is 10.1. The Morgan fingerprint density at radius 2 is 1.79 bits per heavy atom. The van der Waals surface area contributed by atoms with Crippen LogP contribution in [0.5, 0.6) is 0 Å². The summed E-state index contributed by atoms with van der Waals surface area (Å²) in [5.41, 5.74) is 6.10. The molecule has 0 spiro atoms. The Kier molecular flexibility index (Phi) is 4.57. The molecule has 0 aliphatic carbocycles. The van der Waals surface area contributed by atoms with Crippen molar-refractivity contribution < 1.29 is 4.74 Å². The van der Waals surface area contributed by atoms with Crippen molar-refractivity contribution in [2.75, 3.05) is 36.5 Å². The molecule has 4 aromatic rings. The van der Waals surface area contributed by atoms with Gasteiger partial charge in [-0.1, -0.05) is 6.07 Å². The van der Waals surface area contributed by atoms with Gasteiger partial charge in [0.1, 0.15) is 0 Å². The molecule has 7 nitrogen and oxygen atoms in total. The van der Waals surface area contributed by atoms with Crippen molar-refractivity contribution in [2.24, 2.45) is 7.05 Å². The fourth-order valence-electron chi connectivity index (χ4n) is 3.58. The summed E-state index contributed by atoms with van der Waals surface area (Å²) in [6.07, 6.45) is 3.59. The molecular formula is C22H22N6O. The Morgan fingerprint density at radius 3 is 2.62 bits per heavy atom. The van der Waals surface area contributed by atoms with Gasteiger partial charge in [0.05, 0.1) is 36.3 Å². The van der Waals surface area contributed by atoms with E-state index in [4.69, 9.17) is 4.74 Å². The van der Waals surface area contributed by atoms with Crippen molar-refractivity contribution in [3.63, 3.8) is 0 Å². The van der Waals surface area contributed by atoms with E-state index in [2.05, 4.69) is 67.6 Å². The summed E-state index contributed by atoms with van der Waals surface area (Å²) in [6, 6.07) is 16.4. The quantitative estimate of drug-likeness (QED) is 0.578. The van der Waals surface area contributed by atoms with Crippen LogP contribution in [0.2, 0.25) is 0 Å². The largest absolute Gasteiger partial charge is 0.378 e. The lowest BCUT2D eigenvalue weighted by molar-refractivity contribution is 0.122. The predicted octanol–water partition coefficient (Wildman–Crippen LogP) is 3.61. The Hall–Kier alpha value is -3.45. The average Bonchev–Trinajstić information content (AvgIpc) is 3.15. The van der Waals surface area contributed by atoms with E-state index < -0.39 is 0 Å². The molecule has 1 saturated heterocycles. The van der Waals surface area contributed by atoms with Crippen molar-refractivity contribution in [1.29, 1.82) is 0 Å². The third kappa shape index (κ3) is 3.64. The van der Waals surface area contributed by atoms with Gasteiger partial charge in [-0.05, 0) is 42.5 Å². The van der Waals surface area contributed by atoms with Gasteiger partial charge in [-0.15, -0.1) is 0 Å². The van der Waals surface area contributed by atoms with Crippen LogP contribution in [0.4, 0.5) is 17.3 Å². The summed E-state index contributed by atoms with van der Waals surface area (Å²) < 4.78 is 7.43. The molecule has 7 heteroatoms. The molecule has 3 heterocycles. The highest BCUT2D eigenvalue weighted by atomic mass is 16.5. The summed E-state index contributed by atoms with van der Waals surface area (Å²) in [7, 11) is 1.99. The maximum atomic E-state index is 5.42. The van der Waals surface area contributed by atoms with E-state index in [1.807, 2.05) is 24.0 Å². The fraction of sp³-hybridized carbons (Fsp3) is 0.227. The molecule has 0 saturated carbocycles. The lowest BCUT2D eigenvalue weighted by Crippen LogP contribution is -2.36. The molecule has 0 atom stereocenters. The minimum absolute atomic E-state index is 0.572. The van der Waals surface area contributed by atoms with Gasteiger partial charge in [-0.2, -0.15) is 0 Å². The van der Waals surface area contributed by atoms with Gasteiger partial charge in [0.25, 0.3) is 0 Å². The first-order chi connectivity index (χ1) is 14.3. The zero-order valence-electron chi connectivity index (χ0n) is 16.2. The standard InChI is InChI=1S/C22H22N6O/c1-27-15-24-20-14-16(2-7-21(20)27)19-8-9-23-22(26-19)25-17-3-5-18(6-4-17)28-10-12-29-13-11-28/h2-9,14-15H,10-13H2,1H3,(H,23,25,26). The molecule has 1 aliphatic heterocycles. The number of benzene rings is 2. The van der Waals surface area contributed by atoms with Crippen LogP contribution in [0, 0.1) is 0 Å². The van der Waals surface area contributed by atoms with Crippen molar-refractivity contribution in [2.45, 2.75) is 0 Å². The molecular weight excluding hydrogens is 364 g/mol. The number of morpholine rings is 1. The third-order valence-corrected chi connectivity index (χ3v) is 5.18. The highest BCUT2D eigenvalue weighted by Crippen LogP contribution is 2.24. The normalized spacial score (nSPS) is 14.3. The molecule has 0 amide bonds. The summed E-state index contributed by atoms with van der Waals surface area (Å²) in [5, 5.41) is 3.30. The minimum atomic E-state index is 0.572. The van der Waals surface area contributed by atoms with Crippen LogP contribution in [0.3, 0.4) is 0 Å². The minimum Gasteiger partial charge on any atom is -0.378 e. The van der Waals surface area contributed by atoms with E-state index in [0.29, 0.717) is 5.95 Å². The smallest absolute Gasteiger partial charge is 0.227 e. The van der Waals surface area contributed by atoms with Gasteiger partial charge < -0.3 is 19.5 Å². The zero-order valence-corrected chi connectivity index (χ0v) is 16.2. The molecule has 2 aromatic carbocycles. The molecule has 0 bridgehead atoms. The van der Waals surface area contributed by atoms with Crippen molar-refractivity contribution in [1.82, 2.24) is 19.5 Å². The van der Waals surface area contributed by atoms with Gasteiger partial charge in [-0.25, -0.2) is 15.0 Å². The first-order valence-electron chi connectivity index (χ1n) is 9.70. The van der Waals surface area contributed by atoms with Gasteiger partial charge in [0, 0.05) is 43.3 Å². The summed E-state index contributed by atoms with van der Waals surface area (Å²) in [4.78, 5) is 15.8. The second-order valence-electron chi connectivity index (χ2n) is 7.10. The first-order valence-corrected chi connectivity index (χ1v) is 9.70. The van der Waals surface area contributed by atoms with Crippen molar-refractivity contribution in [3.05, 3.63) is 61.1 Å². The predicted molar refractivity (Wildman–Crippen MR) is 114 cm³/mol. The Morgan fingerprint density at radius 1 is 0.966 bits per heavy atom. The molecule has 146 valence electrons. The van der Waals surface area contributed by atoms with Crippen LogP contribution in [0.15, 0.2) is 61.1 Å². The van der Waals surface area contributed by atoms with Gasteiger partial charge in [0.15, 0.2) is 0 Å². The molecule has 0 radical (unpaired) electrons. The van der Waals surface area contributed by atoms with Gasteiger partial charge in [-0.3, -0.25) is 0 Å². The van der Waals surface area contributed by atoms with Gasteiger partial charge >= 0.3 is 0 Å². The van der Waals surface area contributed by atoms with Gasteiger partial charge in [0.2, 0.25) is 5.95 Å². The van der Waals surface area contributed by atoms with Crippen molar-refractivity contribution >= 4 is 28.4 Å². The number of aromatic nitrogens is 4. The number of aryl methyl sites for hydroxylation is 1. The molecule has 1 aliphatic rings. The number of ether oxygens (including phenoxy) is 1. The van der Waals surface area contributed by atoms with E-state index in [-0.39, 0.29) is 0 Å². The molecule has 5 rings (SSSR count). The number of imidazole rings is 1. The van der Waals surface area contributed by atoms with Crippen LogP contribution in [-0.4, -0.2) is 45.8 Å². The summed E-state index contributed by atoms with van der Waals surface area (Å²) in [5.74, 6) is 0.572. The van der Waals surface area contributed by atoms with Crippen LogP contribution in [0.25, 0.3) is 22.3 Å². The second kappa shape index (κ2) is 7.52. The van der Waals surface area contributed by atoms with E-state index in [1.165, 1.54) is 5.69 Å². The second-order valence-corrected chi connectivity index (χ2v) is 7.10. The topological polar surface area (TPSA) is 68.1 Å². The maximum absolute atomic E-state index is 5.42. The lowest BCUT2D eigenvalue weighted by Gasteiger charge is -2.28. The van der Waals surface area contributed by atoms with E-state index in [1.54, 1.807) is 6.20 Å². The maximum Gasteiger partial charge on any atom is 0.227 e. The Balaban J connectivity index is 1.35. The Bertz CT molecular complexity index is 1130. The highest BCUT2D eigenvalue weighted by molar-refractivity contribution is 5.81. The third-order valence-electron chi connectivity index (χ3n) is 5.18. The van der Waals surface area contributed by atoms with E-state index >= 15 is 0 Å². The number of nitrogens with zero attached hydrogens (tertiary/aromatic N) is 5. The molecule has 1 N–H and O–H groups in total. The monoisotopic (exact) mass is 386 g/mol. The Labute approximate surface area is 169 Å². The number of hydrogen-bond acceptors (Lipinski definition) is 6. The number of hydrogen-bond donors (Lipinski definition) is 1. The van der Waals surface area contributed by atoms with Crippen LogP contribution >= 0.6 is 0 Å². The zero-order chi connectivity index (χ0) is 19.6. The SMILES string of the molecule is Cn1cnc2cc(-c3ccnc(Nc4ccc(N5CCOCC5)cc4)n3)ccc21. The summed E-state index contributed by atoms with van der Waals surface area (Å²) >= 11 is 0. The van der Waals surface area contributed by atoms with Crippen molar-refractivity contribution in [3.8, 4) is 11.3 Å². The molecule has 1 fully saturated rings. The molecule has 2 aromatic heterocycles. The van der Waals surface area contributed by atoms with Crippen LogP contribution < -0.4 is 10.2 Å². The van der Waals surface area contributed by atoms with Crippen LogP contribution in [-0.2, 0) is 11.8 Å². The summed E-state index contributed by atoms with van der Waals surface area (Å²) in [6.45, 7) is 3.42. The fourth-order valence-corrected chi connectivity index (χ4v) is 3.58. The van der Waals surface area contributed by atoms with E-state index in [9.17, 15) is 0 Å². The molecule has 0 unspecified atom stereocenters. The number of fused-ring (bicyclic) bond motifs is 1. The highest BCUT2D eigenvalue weighted by Gasteiger charge is 2.11. The number of anilines is 3. The first kappa shape index (κ1) is 17.6. The van der Waals surface area contributed by atoms with E-state index in [0.717, 1.165) is 54.3 Å². The number of nitrogens with one attached hydrogen (secondary N) is 1.